The van der Waals surface area contributed by atoms with Gasteiger partial charge in [-0.1, -0.05) is 27.2 Å². The van der Waals surface area contributed by atoms with Gasteiger partial charge in [-0.2, -0.15) is 5.10 Å². The van der Waals surface area contributed by atoms with Crippen molar-refractivity contribution in [2.24, 2.45) is 0 Å². The highest BCUT2D eigenvalue weighted by Gasteiger charge is 2.08. The molecule has 4 heteroatoms. The lowest BCUT2D eigenvalue weighted by molar-refractivity contribution is 0.750. The van der Waals surface area contributed by atoms with Crippen molar-refractivity contribution < 1.29 is 0 Å². The number of aromatic nitrogens is 3. The van der Waals surface area contributed by atoms with Gasteiger partial charge in [-0.3, -0.25) is 0 Å². The van der Waals surface area contributed by atoms with E-state index < -0.39 is 0 Å². The van der Waals surface area contributed by atoms with E-state index in [0.29, 0.717) is 11.8 Å². The number of aryl methyl sites for hydroxylation is 1. The van der Waals surface area contributed by atoms with Gasteiger partial charge in [0, 0.05) is 17.8 Å². The molecule has 102 valence electrons. The highest BCUT2D eigenvalue weighted by molar-refractivity contribution is 6.17. The molecule has 0 fully saturated rings. The van der Waals surface area contributed by atoms with E-state index in [1.165, 1.54) is 0 Å². The number of pyridine rings is 1. The van der Waals surface area contributed by atoms with Crippen molar-refractivity contribution in [3.63, 3.8) is 0 Å². The van der Waals surface area contributed by atoms with Crippen LogP contribution in [0.15, 0.2) is 24.4 Å². The first-order chi connectivity index (χ1) is 9.13. The average Bonchev–Trinajstić information content (AvgIpc) is 2.88. The van der Waals surface area contributed by atoms with E-state index in [-0.39, 0.29) is 0 Å². The van der Waals surface area contributed by atoms with Crippen LogP contribution in [-0.2, 0) is 12.3 Å². The predicted octanol–water partition coefficient (Wildman–Crippen LogP) is 4.08. The summed E-state index contributed by atoms with van der Waals surface area (Å²) in [5.74, 6) is 1.78. The van der Waals surface area contributed by atoms with Crippen LogP contribution in [0.1, 0.15) is 50.1 Å². The Morgan fingerprint density at radius 2 is 2.11 bits per heavy atom. The fraction of sp³-hybridized carbons (Fsp3) is 0.467. The molecule has 0 aromatic carbocycles. The maximum absolute atomic E-state index is 5.96. The first-order valence-corrected chi connectivity index (χ1v) is 7.29. The molecule has 3 nitrogen and oxygen atoms in total. The van der Waals surface area contributed by atoms with E-state index in [0.717, 1.165) is 35.6 Å². The van der Waals surface area contributed by atoms with Crippen LogP contribution < -0.4 is 0 Å². The summed E-state index contributed by atoms with van der Waals surface area (Å²) in [5.41, 5.74) is 3.25. The minimum Gasteiger partial charge on any atom is -0.234 e. The first kappa shape index (κ1) is 14.1. The molecule has 0 N–H and O–H groups in total. The summed E-state index contributed by atoms with van der Waals surface area (Å²) in [7, 11) is 0. The molecule has 0 aliphatic carbocycles. The van der Waals surface area contributed by atoms with Gasteiger partial charge in [0.15, 0.2) is 5.82 Å². The van der Waals surface area contributed by atoms with Gasteiger partial charge >= 0.3 is 0 Å². The average molecular weight is 278 g/mol. The van der Waals surface area contributed by atoms with Gasteiger partial charge in [-0.05, 0) is 36.1 Å². The Kier molecular flexibility index (Phi) is 4.59. The Labute approximate surface area is 119 Å². The van der Waals surface area contributed by atoms with Crippen LogP contribution in [0.5, 0.6) is 0 Å². The number of hydrogen-bond donors (Lipinski definition) is 0. The fourth-order valence-corrected chi connectivity index (χ4v) is 2.14. The topological polar surface area (TPSA) is 30.7 Å². The lowest BCUT2D eigenvalue weighted by Crippen LogP contribution is -2.03. The summed E-state index contributed by atoms with van der Waals surface area (Å²) >= 11 is 5.96. The summed E-state index contributed by atoms with van der Waals surface area (Å²) in [5, 5.41) is 4.57. The maximum atomic E-state index is 5.96. The summed E-state index contributed by atoms with van der Waals surface area (Å²) in [6.07, 6.45) is 4.01. The van der Waals surface area contributed by atoms with E-state index in [9.17, 15) is 0 Å². The van der Waals surface area contributed by atoms with Gasteiger partial charge in [0.1, 0.15) is 0 Å². The van der Waals surface area contributed by atoms with E-state index in [1.54, 1.807) is 0 Å². The minimum absolute atomic E-state index is 0.424. The van der Waals surface area contributed by atoms with Crippen molar-refractivity contribution in [3.05, 3.63) is 41.3 Å². The number of hydrogen-bond acceptors (Lipinski definition) is 2. The van der Waals surface area contributed by atoms with Crippen LogP contribution in [0.4, 0.5) is 0 Å². The molecule has 2 rings (SSSR count). The molecule has 0 atom stereocenters. The van der Waals surface area contributed by atoms with Crippen molar-refractivity contribution in [1.29, 1.82) is 0 Å². The van der Waals surface area contributed by atoms with Crippen molar-refractivity contribution >= 4 is 11.6 Å². The SMILES string of the molecule is CCCc1cc(CCl)cc(-n2ccc(C(C)C)n2)n1. The molecular weight excluding hydrogens is 258 g/mol. The normalized spacial score (nSPS) is 11.2. The van der Waals surface area contributed by atoms with Crippen molar-refractivity contribution in [1.82, 2.24) is 14.8 Å². The first-order valence-electron chi connectivity index (χ1n) is 6.75. The number of halogens is 1. The minimum atomic E-state index is 0.424. The Morgan fingerprint density at radius 1 is 1.32 bits per heavy atom. The van der Waals surface area contributed by atoms with Gasteiger partial charge in [-0.25, -0.2) is 9.67 Å². The zero-order chi connectivity index (χ0) is 13.8. The number of nitrogens with zero attached hydrogens (tertiary/aromatic N) is 3. The van der Waals surface area contributed by atoms with Gasteiger partial charge < -0.3 is 0 Å². The smallest absolute Gasteiger partial charge is 0.153 e. The van der Waals surface area contributed by atoms with Crippen LogP contribution in [-0.4, -0.2) is 14.8 Å². The molecule has 0 unspecified atom stereocenters. The van der Waals surface area contributed by atoms with Gasteiger partial charge in [0.2, 0.25) is 0 Å². The van der Waals surface area contributed by atoms with E-state index in [1.807, 2.05) is 23.0 Å². The molecule has 0 radical (unpaired) electrons. The second kappa shape index (κ2) is 6.20. The molecular formula is C15H20ClN3. The van der Waals surface area contributed by atoms with Crippen LogP contribution in [0.25, 0.3) is 5.82 Å². The number of rotatable bonds is 5. The molecule has 19 heavy (non-hydrogen) atoms. The van der Waals surface area contributed by atoms with E-state index >= 15 is 0 Å². The van der Waals surface area contributed by atoms with Gasteiger partial charge in [-0.15, -0.1) is 11.6 Å². The molecule has 2 aromatic heterocycles. The third-order valence-electron chi connectivity index (χ3n) is 3.02. The summed E-state index contributed by atoms with van der Waals surface area (Å²) in [6, 6.07) is 6.12. The Morgan fingerprint density at radius 3 is 2.68 bits per heavy atom. The van der Waals surface area contributed by atoms with E-state index in [4.69, 9.17) is 11.6 Å². The third kappa shape index (κ3) is 3.35. The molecule has 2 aromatic rings. The van der Waals surface area contributed by atoms with Crippen molar-refractivity contribution in [3.8, 4) is 5.82 Å². The summed E-state index contributed by atoms with van der Waals surface area (Å²) in [4.78, 5) is 4.66. The number of alkyl halides is 1. The molecule has 0 saturated carbocycles. The predicted molar refractivity (Wildman–Crippen MR) is 79.0 cm³/mol. The fourth-order valence-electron chi connectivity index (χ4n) is 1.99. The highest BCUT2D eigenvalue weighted by Crippen LogP contribution is 2.16. The molecule has 2 heterocycles. The molecule has 0 aliphatic rings. The molecule has 0 saturated heterocycles. The van der Waals surface area contributed by atoms with E-state index in [2.05, 4.69) is 36.9 Å². The maximum Gasteiger partial charge on any atom is 0.153 e. The highest BCUT2D eigenvalue weighted by atomic mass is 35.5. The second-order valence-electron chi connectivity index (χ2n) is 5.05. The lowest BCUT2D eigenvalue weighted by Gasteiger charge is -2.07. The quantitative estimate of drug-likeness (QED) is 0.771. The Bertz CT molecular complexity index is 546. The standard InChI is InChI=1S/C15H20ClN3/c1-4-5-13-8-12(10-16)9-15(17-13)19-7-6-14(18-19)11(2)3/h6-9,11H,4-5,10H2,1-3H3. The molecule has 0 aliphatic heterocycles. The van der Waals surface area contributed by atoms with Gasteiger partial charge in [0.25, 0.3) is 0 Å². The zero-order valence-corrected chi connectivity index (χ0v) is 12.5. The summed E-state index contributed by atoms with van der Waals surface area (Å²) < 4.78 is 1.84. The van der Waals surface area contributed by atoms with Gasteiger partial charge in [0.05, 0.1) is 5.69 Å². The Hall–Kier alpha value is -1.35. The largest absolute Gasteiger partial charge is 0.234 e. The molecule has 0 amide bonds. The third-order valence-corrected chi connectivity index (χ3v) is 3.33. The summed E-state index contributed by atoms with van der Waals surface area (Å²) in [6.45, 7) is 6.43. The second-order valence-corrected chi connectivity index (χ2v) is 5.32. The molecule has 0 bridgehead atoms. The van der Waals surface area contributed by atoms with Crippen LogP contribution in [0.2, 0.25) is 0 Å². The Balaban J connectivity index is 2.38. The van der Waals surface area contributed by atoms with Crippen molar-refractivity contribution in [2.75, 3.05) is 0 Å². The zero-order valence-electron chi connectivity index (χ0n) is 11.7. The molecule has 0 spiro atoms. The van der Waals surface area contributed by atoms with Crippen LogP contribution in [0.3, 0.4) is 0 Å². The monoisotopic (exact) mass is 277 g/mol. The lowest BCUT2D eigenvalue weighted by atomic mass is 10.1. The van der Waals surface area contributed by atoms with Crippen molar-refractivity contribution in [2.45, 2.75) is 45.4 Å². The van der Waals surface area contributed by atoms with Crippen LogP contribution >= 0.6 is 11.6 Å². The van der Waals surface area contributed by atoms with Crippen LogP contribution in [0, 0.1) is 0 Å².